The van der Waals surface area contributed by atoms with Crippen molar-refractivity contribution in [3.8, 4) is 0 Å². The highest BCUT2D eigenvalue weighted by molar-refractivity contribution is 8.00. The molecule has 0 spiro atoms. The van der Waals surface area contributed by atoms with Gasteiger partial charge in [-0.05, 0) is 20.3 Å². The minimum absolute atomic E-state index is 0.0761. The number of hydrogen-bond donors (Lipinski definition) is 0. The van der Waals surface area contributed by atoms with Crippen molar-refractivity contribution in [1.29, 1.82) is 0 Å². The highest BCUT2D eigenvalue weighted by Gasteiger charge is 2.26. The molecule has 1 aliphatic rings. The number of carbonyl (C=O) groups is 1. The molecular formula is C22H30N6OS2. The first-order valence-corrected chi connectivity index (χ1v) is 12.5. The molecule has 0 bridgehead atoms. The molecule has 0 atom stereocenters. The molecule has 0 unspecified atom stereocenters. The lowest BCUT2D eigenvalue weighted by Crippen LogP contribution is -2.35. The van der Waals surface area contributed by atoms with Crippen LogP contribution in [-0.4, -0.2) is 66.9 Å². The summed E-state index contributed by atoms with van der Waals surface area (Å²) < 4.78 is 1.80. The number of nitrogens with zero attached hydrogens (tertiary/aromatic N) is 6. The van der Waals surface area contributed by atoms with E-state index < -0.39 is 0 Å². The summed E-state index contributed by atoms with van der Waals surface area (Å²) in [7, 11) is 1.90. The largest absolute Gasteiger partial charge is 0.337 e. The Balaban J connectivity index is 1.56. The molecule has 0 saturated carbocycles. The number of pyridine rings is 1. The van der Waals surface area contributed by atoms with Gasteiger partial charge in [-0.2, -0.15) is 5.10 Å². The van der Waals surface area contributed by atoms with Crippen LogP contribution < -0.4 is 0 Å². The Hall–Kier alpha value is -1.97. The summed E-state index contributed by atoms with van der Waals surface area (Å²) in [5.41, 5.74) is 3.58. The molecule has 1 saturated heterocycles. The van der Waals surface area contributed by atoms with Crippen molar-refractivity contribution in [2.45, 2.75) is 50.8 Å². The maximum Gasteiger partial charge on any atom is 0.256 e. The van der Waals surface area contributed by atoms with Crippen LogP contribution in [-0.2, 0) is 13.6 Å². The number of fused-ring (bicyclic) bond motifs is 1. The lowest BCUT2D eigenvalue weighted by molar-refractivity contribution is 0.0757. The van der Waals surface area contributed by atoms with Crippen LogP contribution in [0.3, 0.4) is 0 Å². The van der Waals surface area contributed by atoms with Crippen molar-refractivity contribution >= 4 is 40.0 Å². The number of rotatable bonds is 5. The third-order valence-electron chi connectivity index (χ3n) is 5.49. The first kappa shape index (κ1) is 22.2. The van der Waals surface area contributed by atoms with E-state index in [0.29, 0.717) is 10.8 Å². The zero-order chi connectivity index (χ0) is 22.1. The molecule has 1 aliphatic heterocycles. The van der Waals surface area contributed by atoms with Crippen LogP contribution in [0.4, 0.5) is 0 Å². The number of hydrogen-bond acceptors (Lipinski definition) is 7. The number of aromatic nitrogens is 4. The van der Waals surface area contributed by atoms with Crippen molar-refractivity contribution in [1.82, 2.24) is 29.5 Å². The molecule has 7 nitrogen and oxygen atoms in total. The minimum atomic E-state index is 0.0761. The van der Waals surface area contributed by atoms with Gasteiger partial charge in [0.25, 0.3) is 5.91 Å². The van der Waals surface area contributed by atoms with E-state index in [4.69, 9.17) is 0 Å². The van der Waals surface area contributed by atoms with Gasteiger partial charge in [0.05, 0.1) is 27.3 Å². The molecule has 0 N–H and O–H groups in total. The van der Waals surface area contributed by atoms with Gasteiger partial charge in [-0.1, -0.05) is 13.8 Å². The van der Waals surface area contributed by atoms with Gasteiger partial charge in [0.15, 0.2) is 5.65 Å². The average Bonchev–Trinajstić information content (AvgIpc) is 3.15. The summed E-state index contributed by atoms with van der Waals surface area (Å²) in [4.78, 5) is 28.2. The summed E-state index contributed by atoms with van der Waals surface area (Å²) in [6.45, 7) is 12.5. The van der Waals surface area contributed by atoms with Gasteiger partial charge in [0.2, 0.25) is 0 Å². The zero-order valence-corrected chi connectivity index (χ0v) is 20.5. The second-order valence-electron chi connectivity index (χ2n) is 8.35. The van der Waals surface area contributed by atoms with Crippen LogP contribution in [0, 0.1) is 13.8 Å². The summed E-state index contributed by atoms with van der Waals surface area (Å²) in [6, 6.07) is 0. The van der Waals surface area contributed by atoms with Gasteiger partial charge in [-0.3, -0.25) is 14.4 Å². The standard InChI is InChI=1S/C22H30N6OS2/c1-14(2)31-20-18(11-23-21-19(20)15(3)25-26(21)5)22(29)28-8-6-7-27(9-10-28)12-17-13-30-16(4)24-17/h11,13-14H,6-10,12H2,1-5H3. The van der Waals surface area contributed by atoms with Crippen molar-refractivity contribution in [3.05, 3.63) is 33.5 Å². The quantitative estimate of drug-likeness (QED) is 0.541. The molecule has 0 aliphatic carbocycles. The van der Waals surface area contributed by atoms with Gasteiger partial charge in [0.1, 0.15) is 0 Å². The van der Waals surface area contributed by atoms with Crippen LogP contribution in [0.1, 0.15) is 47.0 Å². The van der Waals surface area contributed by atoms with Crippen molar-refractivity contribution < 1.29 is 4.79 Å². The fraction of sp³-hybridized carbons (Fsp3) is 0.545. The fourth-order valence-electron chi connectivity index (χ4n) is 4.10. The molecule has 0 radical (unpaired) electrons. The van der Waals surface area contributed by atoms with Crippen LogP contribution in [0.25, 0.3) is 11.0 Å². The Morgan fingerprint density at radius 1 is 1.23 bits per heavy atom. The third kappa shape index (κ3) is 4.78. The molecule has 0 aromatic carbocycles. The Kier molecular flexibility index (Phi) is 6.64. The maximum atomic E-state index is 13.6. The summed E-state index contributed by atoms with van der Waals surface area (Å²) in [6.07, 6.45) is 2.71. The lowest BCUT2D eigenvalue weighted by Gasteiger charge is -2.23. The predicted octanol–water partition coefficient (Wildman–Crippen LogP) is 3.89. The van der Waals surface area contributed by atoms with Crippen LogP contribution in [0.5, 0.6) is 0 Å². The number of aryl methyl sites for hydroxylation is 3. The van der Waals surface area contributed by atoms with E-state index in [1.807, 2.05) is 25.8 Å². The van der Waals surface area contributed by atoms with E-state index >= 15 is 0 Å². The Morgan fingerprint density at radius 2 is 2.03 bits per heavy atom. The van der Waals surface area contributed by atoms with Crippen molar-refractivity contribution in [3.63, 3.8) is 0 Å². The first-order chi connectivity index (χ1) is 14.8. The first-order valence-electron chi connectivity index (χ1n) is 10.7. The molecule has 3 aromatic heterocycles. The SMILES string of the molecule is Cc1nc(CN2CCCN(C(=O)c3cnc4c(c(C)nn4C)c3SC(C)C)CC2)cs1. The monoisotopic (exact) mass is 458 g/mol. The minimum Gasteiger partial charge on any atom is -0.337 e. The zero-order valence-electron chi connectivity index (χ0n) is 18.9. The smallest absolute Gasteiger partial charge is 0.256 e. The fourth-order valence-corrected chi connectivity index (χ4v) is 5.80. The van der Waals surface area contributed by atoms with E-state index in [1.54, 1.807) is 34.0 Å². The summed E-state index contributed by atoms with van der Waals surface area (Å²) in [5.74, 6) is 0.0761. The summed E-state index contributed by atoms with van der Waals surface area (Å²) in [5, 5.41) is 9.14. The van der Waals surface area contributed by atoms with Gasteiger partial charge >= 0.3 is 0 Å². The molecule has 1 amide bonds. The topological polar surface area (TPSA) is 67.2 Å². The van der Waals surface area contributed by atoms with Gasteiger partial charge in [-0.15, -0.1) is 23.1 Å². The highest BCUT2D eigenvalue weighted by Crippen LogP contribution is 2.35. The predicted molar refractivity (Wildman–Crippen MR) is 127 cm³/mol. The van der Waals surface area contributed by atoms with E-state index in [2.05, 4.69) is 39.2 Å². The summed E-state index contributed by atoms with van der Waals surface area (Å²) >= 11 is 3.42. The molecule has 31 heavy (non-hydrogen) atoms. The van der Waals surface area contributed by atoms with Crippen molar-refractivity contribution in [2.24, 2.45) is 7.05 Å². The van der Waals surface area contributed by atoms with E-state index in [1.165, 1.54) is 0 Å². The van der Waals surface area contributed by atoms with Crippen LogP contribution in [0.15, 0.2) is 16.5 Å². The second-order valence-corrected chi connectivity index (χ2v) is 11.0. The molecule has 166 valence electrons. The molecule has 1 fully saturated rings. The normalized spacial score (nSPS) is 15.7. The molecule has 4 rings (SSSR count). The van der Waals surface area contributed by atoms with Crippen molar-refractivity contribution in [2.75, 3.05) is 26.2 Å². The molecule has 3 aromatic rings. The third-order valence-corrected chi connectivity index (χ3v) is 7.44. The van der Waals surface area contributed by atoms with E-state index in [0.717, 1.165) is 71.5 Å². The van der Waals surface area contributed by atoms with Crippen LogP contribution >= 0.6 is 23.1 Å². The Bertz CT molecular complexity index is 1090. The van der Waals surface area contributed by atoms with E-state index in [9.17, 15) is 4.79 Å². The number of carbonyl (C=O) groups excluding carboxylic acids is 1. The molecular weight excluding hydrogens is 428 g/mol. The Morgan fingerprint density at radius 3 is 2.74 bits per heavy atom. The number of thiazole rings is 1. The molecule has 9 heteroatoms. The van der Waals surface area contributed by atoms with Gasteiger partial charge in [-0.25, -0.2) is 9.97 Å². The lowest BCUT2D eigenvalue weighted by atomic mass is 10.1. The van der Waals surface area contributed by atoms with Gasteiger partial charge < -0.3 is 4.90 Å². The van der Waals surface area contributed by atoms with E-state index in [-0.39, 0.29) is 5.91 Å². The van der Waals surface area contributed by atoms with Gasteiger partial charge in [0, 0.05) is 61.5 Å². The highest BCUT2D eigenvalue weighted by atomic mass is 32.2. The number of amides is 1. The molecule has 4 heterocycles. The maximum absolute atomic E-state index is 13.6. The van der Waals surface area contributed by atoms with Crippen LogP contribution in [0.2, 0.25) is 0 Å². The Labute approximate surface area is 191 Å². The average molecular weight is 459 g/mol. The second kappa shape index (κ2) is 9.26. The number of thioether (sulfide) groups is 1.